The maximum absolute atomic E-state index is 11.6. The van der Waals surface area contributed by atoms with Crippen LogP contribution in [0.5, 0.6) is 0 Å². The van der Waals surface area contributed by atoms with E-state index in [2.05, 4.69) is 5.32 Å². The lowest BCUT2D eigenvalue weighted by atomic mass is 9.92. The second kappa shape index (κ2) is 5.98. The van der Waals surface area contributed by atoms with Gasteiger partial charge in [-0.15, -0.1) is 11.3 Å². The van der Waals surface area contributed by atoms with Crippen molar-refractivity contribution in [3.63, 3.8) is 0 Å². The van der Waals surface area contributed by atoms with Crippen LogP contribution in [-0.4, -0.2) is 23.2 Å². The number of nitrogens with one attached hydrogen (secondary N) is 1. The zero-order chi connectivity index (χ0) is 12.1. The van der Waals surface area contributed by atoms with Gasteiger partial charge in [-0.25, -0.2) is 0 Å². The van der Waals surface area contributed by atoms with Crippen molar-refractivity contribution in [2.75, 3.05) is 0 Å². The molecule has 92 valence electrons. The third-order valence-electron chi connectivity index (χ3n) is 3.00. The monoisotopic (exact) mass is 251 g/mol. The van der Waals surface area contributed by atoms with Gasteiger partial charge in [-0.1, -0.05) is 18.9 Å². The predicted molar refractivity (Wildman–Crippen MR) is 69.8 cm³/mol. The predicted octanol–water partition coefficient (Wildman–Crippen LogP) is 2.18. The molecule has 1 saturated carbocycles. The van der Waals surface area contributed by atoms with E-state index in [9.17, 15) is 9.90 Å². The van der Waals surface area contributed by atoms with Crippen LogP contribution < -0.4 is 5.32 Å². The van der Waals surface area contributed by atoms with Crippen molar-refractivity contribution in [2.45, 2.75) is 37.8 Å². The molecule has 2 rings (SSSR count). The summed E-state index contributed by atoms with van der Waals surface area (Å²) in [6.45, 7) is 0. The first kappa shape index (κ1) is 12.3. The van der Waals surface area contributed by atoms with Gasteiger partial charge in [-0.05, 0) is 30.4 Å². The largest absolute Gasteiger partial charge is 0.391 e. The average molecular weight is 251 g/mol. The smallest absolute Gasteiger partial charge is 0.244 e. The molecule has 0 spiro atoms. The number of hydrogen-bond donors (Lipinski definition) is 2. The van der Waals surface area contributed by atoms with E-state index in [0.717, 1.165) is 30.6 Å². The first-order chi connectivity index (χ1) is 8.25. The van der Waals surface area contributed by atoms with Crippen molar-refractivity contribution in [3.05, 3.63) is 28.5 Å². The Hall–Kier alpha value is -1.13. The Balaban J connectivity index is 1.84. The minimum Gasteiger partial charge on any atom is -0.391 e. The lowest BCUT2D eigenvalue weighted by Crippen LogP contribution is -2.44. The fourth-order valence-corrected chi connectivity index (χ4v) is 2.67. The highest BCUT2D eigenvalue weighted by molar-refractivity contribution is 7.10. The van der Waals surface area contributed by atoms with Crippen LogP contribution in [0, 0.1) is 0 Å². The fraction of sp³-hybridized carbons (Fsp3) is 0.462. The molecule has 1 amide bonds. The Morgan fingerprint density at radius 1 is 1.47 bits per heavy atom. The maximum atomic E-state index is 11.6. The second-order valence-electron chi connectivity index (χ2n) is 4.32. The summed E-state index contributed by atoms with van der Waals surface area (Å²) < 4.78 is 0. The summed E-state index contributed by atoms with van der Waals surface area (Å²) in [7, 11) is 0. The molecular weight excluding hydrogens is 234 g/mol. The highest BCUT2D eigenvalue weighted by Crippen LogP contribution is 2.18. The Labute approximate surface area is 105 Å². The van der Waals surface area contributed by atoms with Gasteiger partial charge in [-0.2, -0.15) is 0 Å². The summed E-state index contributed by atoms with van der Waals surface area (Å²) in [5.41, 5.74) is 0. The molecule has 0 aromatic carbocycles. The van der Waals surface area contributed by atoms with Crippen molar-refractivity contribution in [3.8, 4) is 0 Å². The third kappa shape index (κ3) is 3.68. The van der Waals surface area contributed by atoms with Crippen LogP contribution in [0.25, 0.3) is 6.08 Å². The molecule has 1 aromatic heterocycles. The highest BCUT2D eigenvalue weighted by Gasteiger charge is 2.23. The normalized spacial score (nSPS) is 25.0. The molecule has 0 bridgehead atoms. The molecule has 1 heterocycles. The van der Waals surface area contributed by atoms with Crippen molar-refractivity contribution in [1.29, 1.82) is 0 Å². The highest BCUT2D eigenvalue weighted by atomic mass is 32.1. The topological polar surface area (TPSA) is 49.3 Å². The van der Waals surface area contributed by atoms with Crippen molar-refractivity contribution in [1.82, 2.24) is 5.32 Å². The number of aliphatic hydroxyl groups excluding tert-OH is 1. The fourth-order valence-electron chi connectivity index (χ4n) is 2.05. The summed E-state index contributed by atoms with van der Waals surface area (Å²) in [4.78, 5) is 12.7. The minimum atomic E-state index is -0.386. The number of hydrogen-bond acceptors (Lipinski definition) is 3. The number of aliphatic hydroxyl groups is 1. The molecule has 1 aliphatic rings. The number of carbonyl (C=O) groups is 1. The number of thiophene rings is 1. The lowest BCUT2D eigenvalue weighted by molar-refractivity contribution is -0.118. The Morgan fingerprint density at radius 3 is 3.00 bits per heavy atom. The number of carbonyl (C=O) groups excluding carboxylic acids is 1. The van der Waals surface area contributed by atoms with E-state index >= 15 is 0 Å². The lowest BCUT2D eigenvalue weighted by Gasteiger charge is -2.27. The van der Waals surface area contributed by atoms with Crippen LogP contribution >= 0.6 is 11.3 Å². The van der Waals surface area contributed by atoms with Gasteiger partial charge in [0, 0.05) is 11.0 Å². The van der Waals surface area contributed by atoms with E-state index in [1.54, 1.807) is 17.4 Å². The molecule has 0 aliphatic heterocycles. The van der Waals surface area contributed by atoms with Crippen LogP contribution in [0.4, 0.5) is 0 Å². The average Bonchev–Trinajstić information content (AvgIpc) is 2.82. The van der Waals surface area contributed by atoms with E-state index < -0.39 is 0 Å². The van der Waals surface area contributed by atoms with E-state index in [0.29, 0.717) is 0 Å². The molecule has 2 atom stereocenters. The molecule has 0 saturated heterocycles. The van der Waals surface area contributed by atoms with Crippen LogP contribution in [0.1, 0.15) is 30.6 Å². The summed E-state index contributed by atoms with van der Waals surface area (Å²) >= 11 is 1.60. The maximum Gasteiger partial charge on any atom is 0.244 e. The first-order valence-corrected chi connectivity index (χ1v) is 6.84. The van der Waals surface area contributed by atoms with E-state index in [1.165, 1.54) is 6.08 Å². The molecule has 2 N–H and O–H groups in total. The Bertz CT molecular complexity index is 386. The molecule has 17 heavy (non-hydrogen) atoms. The van der Waals surface area contributed by atoms with E-state index in [4.69, 9.17) is 0 Å². The quantitative estimate of drug-likeness (QED) is 0.809. The summed E-state index contributed by atoms with van der Waals surface area (Å²) in [6, 6.07) is 3.83. The summed E-state index contributed by atoms with van der Waals surface area (Å²) in [5.74, 6) is -0.121. The minimum absolute atomic E-state index is 0.0794. The van der Waals surface area contributed by atoms with E-state index in [-0.39, 0.29) is 18.1 Å². The van der Waals surface area contributed by atoms with Gasteiger partial charge < -0.3 is 10.4 Å². The molecule has 4 heteroatoms. The molecule has 1 aliphatic carbocycles. The Kier molecular flexibility index (Phi) is 4.34. The van der Waals surface area contributed by atoms with Crippen LogP contribution in [0.3, 0.4) is 0 Å². The summed E-state index contributed by atoms with van der Waals surface area (Å²) in [6.07, 6.45) is 6.75. The SMILES string of the molecule is O=C(/C=C/c1cccs1)N[C@H]1CCCC[C@@H]1O. The number of amides is 1. The Morgan fingerprint density at radius 2 is 2.29 bits per heavy atom. The van der Waals surface area contributed by atoms with Crippen LogP contribution in [0.2, 0.25) is 0 Å². The second-order valence-corrected chi connectivity index (χ2v) is 5.29. The molecule has 1 fully saturated rings. The standard InChI is InChI=1S/C13H17NO2S/c15-12-6-2-1-5-11(12)14-13(16)8-7-10-4-3-9-17-10/h3-4,7-9,11-12,15H,1-2,5-6H2,(H,14,16)/b8-7+/t11-,12-/m0/s1. The molecular formula is C13H17NO2S. The molecule has 0 radical (unpaired) electrons. The molecule has 0 unspecified atom stereocenters. The summed E-state index contributed by atoms with van der Waals surface area (Å²) in [5, 5.41) is 14.6. The van der Waals surface area contributed by atoms with Gasteiger partial charge in [-0.3, -0.25) is 4.79 Å². The van der Waals surface area contributed by atoms with Crippen LogP contribution in [-0.2, 0) is 4.79 Å². The van der Waals surface area contributed by atoms with Gasteiger partial charge >= 0.3 is 0 Å². The van der Waals surface area contributed by atoms with Crippen LogP contribution in [0.15, 0.2) is 23.6 Å². The first-order valence-electron chi connectivity index (χ1n) is 5.96. The zero-order valence-corrected chi connectivity index (χ0v) is 10.5. The van der Waals surface area contributed by atoms with Gasteiger partial charge in [0.1, 0.15) is 0 Å². The van der Waals surface area contributed by atoms with Gasteiger partial charge in [0.15, 0.2) is 0 Å². The van der Waals surface area contributed by atoms with Crippen molar-refractivity contribution < 1.29 is 9.90 Å². The third-order valence-corrected chi connectivity index (χ3v) is 3.84. The zero-order valence-electron chi connectivity index (χ0n) is 9.63. The van der Waals surface area contributed by atoms with Gasteiger partial charge in [0.25, 0.3) is 0 Å². The molecule has 3 nitrogen and oxygen atoms in total. The van der Waals surface area contributed by atoms with Crippen molar-refractivity contribution >= 4 is 23.3 Å². The van der Waals surface area contributed by atoms with Crippen molar-refractivity contribution in [2.24, 2.45) is 0 Å². The number of rotatable bonds is 3. The van der Waals surface area contributed by atoms with E-state index in [1.807, 2.05) is 17.5 Å². The van der Waals surface area contributed by atoms with Gasteiger partial charge in [0.05, 0.1) is 12.1 Å². The van der Waals surface area contributed by atoms with Gasteiger partial charge in [0.2, 0.25) is 5.91 Å². The molecule has 1 aromatic rings.